The maximum atomic E-state index is 11.7. The average Bonchev–Trinajstić information content (AvgIpc) is 2.34. The van der Waals surface area contributed by atoms with Gasteiger partial charge >= 0.3 is 17.9 Å². The van der Waals surface area contributed by atoms with Crippen LogP contribution in [0.2, 0.25) is 0 Å². The van der Waals surface area contributed by atoms with Crippen LogP contribution in [0.1, 0.15) is 52.9 Å². The number of esters is 2. The van der Waals surface area contributed by atoms with Crippen LogP contribution in [0.4, 0.5) is 0 Å². The zero-order valence-corrected chi connectivity index (χ0v) is 12.9. The monoisotopic (exact) mass is 300 g/mol. The average molecular weight is 300 g/mol. The van der Waals surface area contributed by atoms with Crippen LogP contribution >= 0.6 is 0 Å². The lowest BCUT2D eigenvalue weighted by molar-refractivity contribution is -0.158. The van der Waals surface area contributed by atoms with E-state index in [0.717, 1.165) is 25.7 Å². The van der Waals surface area contributed by atoms with Crippen LogP contribution in [-0.2, 0) is 23.9 Å². The lowest BCUT2D eigenvalue weighted by Crippen LogP contribution is -2.28. The van der Waals surface area contributed by atoms with Crippen molar-refractivity contribution in [3.05, 3.63) is 12.2 Å². The number of unbranched alkanes of at least 4 members (excludes halogenated alkanes) is 2. The lowest BCUT2D eigenvalue weighted by Gasteiger charge is -2.25. The summed E-state index contributed by atoms with van der Waals surface area (Å²) in [6, 6.07) is 0. The minimum Gasteiger partial charge on any atom is -0.479 e. The number of aliphatic carboxylic acids is 1. The first-order valence-electron chi connectivity index (χ1n) is 6.96. The lowest BCUT2D eigenvalue weighted by atomic mass is 10.0. The van der Waals surface area contributed by atoms with E-state index in [1.165, 1.54) is 0 Å². The first-order chi connectivity index (χ1) is 9.68. The number of rotatable bonds is 10. The van der Waals surface area contributed by atoms with Crippen molar-refractivity contribution in [3.8, 4) is 0 Å². The van der Waals surface area contributed by atoms with Crippen molar-refractivity contribution in [2.45, 2.75) is 58.5 Å². The fourth-order valence-corrected chi connectivity index (χ4v) is 1.67. The molecule has 0 aromatic carbocycles. The van der Waals surface area contributed by atoms with Crippen molar-refractivity contribution in [3.63, 3.8) is 0 Å². The van der Waals surface area contributed by atoms with Gasteiger partial charge in [-0.3, -0.25) is 4.79 Å². The second-order valence-corrected chi connectivity index (χ2v) is 5.44. The molecule has 0 heterocycles. The molecule has 0 radical (unpaired) electrons. The predicted molar refractivity (Wildman–Crippen MR) is 76.7 cm³/mol. The molecule has 0 aliphatic rings. The quantitative estimate of drug-likeness (QED) is 0.378. The molecule has 0 amide bonds. The van der Waals surface area contributed by atoms with Crippen LogP contribution in [-0.4, -0.2) is 35.2 Å². The molecule has 0 spiro atoms. The summed E-state index contributed by atoms with van der Waals surface area (Å²) in [5.74, 6) is -2.75. The van der Waals surface area contributed by atoms with Gasteiger partial charge in [0.15, 0.2) is 6.61 Å². The van der Waals surface area contributed by atoms with Crippen molar-refractivity contribution in [1.82, 2.24) is 0 Å². The number of carboxylic acids is 1. The minimum absolute atomic E-state index is 0.120. The number of hydrogen-bond donors (Lipinski definition) is 1. The Balaban J connectivity index is 4.20. The SMILES string of the molecule is C=C(CC(=O)OC(C)(C)CCCCC)C(=O)OCC(=O)O. The van der Waals surface area contributed by atoms with Crippen molar-refractivity contribution < 1.29 is 29.0 Å². The molecule has 6 nitrogen and oxygen atoms in total. The Kier molecular flexibility index (Phi) is 8.35. The Morgan fingerprint density at radius 2 is 1.81 bits per heavy atom. The molecule has 0 aromatic rings. The summed E-state index contributed by atoms with van der Waals surface area (Å²) in [5, 5.41) is 8.38. The van der Waals surface area contributed by atoms with E-state index in [2.05, 4.69) is 18.2 Å². The van der Waals surface area contributed by atoms with Gasteiger partial charge in [-0.05, 0) is 26.7 Å². The summed E-state index contributed by atoms with van der Waals surface area (Å²) < 4.78 is 9.74. The molecule has 0 bridgehead atoms. The predicted octanol–water partition coefficient (Wildman–Crippen LogP) is 2.46. The van der Waals surface area contributed by atoms with E-state index in [1.807, 2.05) is 13.8 Å². The molecule has 1 N–H and O–H groups in total. The molecule has 0 saturated carbocycles. The molecule has 0 saturated heterocycles. The van der Waals surface area contributed by atoms with Gasteiger partial charge in [0, 0.05) is 5.57 Å². The highest BCUT2D eigenvalue weighted by atomic mass is 16.6. The maximum Gasteiger partial charge on any atom is 0.341 e. The number of carbonyl (C=O) groups is 3. The highest BCUT2D eigenvalue weighted by Gasteiger charge is 2.24. The molecule has 6 heteroatoms. The van der Waals surface area contributed by atoms with Crippen molar-refractivity contribution in [2.75, 3.05) is 6.61 Å². The van der Waals surface area contributed by atoms with E-state index >= 15 is 0 Å². The van der Waals surface area contributed by atoms with Crippen LogP contribution in [0, 0.1) is 0 Å². The van der Waals surface area contributed by atoms with Gasteiger partial charge < -0.3 is 14.6 Å². The minimum atomic E-state index is -1.27. The number of carboxylic acid groups (broad SMARTS) is 1. The third kappa shape index (κ3) is 9.65. The Hall–Kier alpha value is -1.85. The molecule has 0 unspecified atom stereocenters. The van der Waals surface area contributed by atoms with Crippen molar-refractivity contribution >= 4 is 17.9 Å². The third-order valence-corrected chi connectivity index (χ3v) is 2.75. The first kappa shape index (κ1) is 19.1. The third-order valence-electron chi connectivity index (χ3n) is 2.75. The van der Waals surface area contributed by atoms with E-state index in [1.54, 1.807) is 0 Å². The fraction of sp³-hybridized carbons (Fsp3) is 0.667. The van der Waals surface area contributed by atoms with E-state index < -0.39 is 30.1 Å². The standard InChI is InChI=1S/C15H24O6/c1-5-6-7-8-15(3,4)21-13(18)9-11(2)14(19)20-10-12(16)17/h2,5-10H2,1,3-4H3,(H,16,17). The summed E-state index contributed by atoms with van der Waals surface area (Å²) in [5.41, 5.74) is -0.720. The second-order valence-electron chi connectivity index (χ2n) is 5.44. The van der Waals surface area contributed by atoms with Crippen molar-refractivity contribution in [2.24, 2.45) is 0 Å². The van der Waals surface area contributed by atoms with Gasteiger partial charge in [-0.15, -0.1) is 0 Å². The number of ether oxygens (including phenoxy) is 2. The van der Waals surface area contributed by atoms with E-state index in [4.69, 9.17) is 9.84 Å². The van der Waals surface area contributed by atoms with Gasteiger partial charge in [0.25, 0.3) is 0 Å². The topological polar surface area (TPSA) is 89.9 Å². The first-order valence-corrected chi connectivity index (χ1v) is 6.96. The van der Waals surface area contributed by atoms with Crippen LogP contribution in [0.15, 0.2) is 12.2 Å². The van der Waals surface area contributed by atoms with Gasteiger partial charge in [0.1, 0.15) is 5.60 Å². The smallest absolute Gasteiger partial charge is 0.341 e. The zero-order chi connectivity index (χ0) is 16.5. The maximum absolute atomic E-state index is 11.7. The Labute approximate surface area is 125 Å². The van der Waals surface area contributed by atoms with Crippen LogP contribution < -0.4 is 0 Å². The van der Waals surface area contributed by atoms with Gasteiger partial charge in [0.05, 0.1) is 6.42 Å². The van der Waals surface area contributed by atoms with Crippen LogP contribution in [0.3, 0.4) is 0 Å². The van der Waals surface area contributed by atoms with Crippen LogP contribution in [0.5, 0.6) is 0 Å². The summed E-state index contributed by atoms with van der Waals surface area (Å²) >= 11 is 0. The van der Waals surface area contributed by atoms with Gasteiger partial charge in [-0.25, -0.2) is 9.59 Å². The van der Waals surface area contributed by atoms with E-state index in [-0.39, 0.29) is 12.0 Å². The number of carbonyl (C=O) groups excluding carboxylic acids is 2. The molecular weight excluding hydrogens is 276 g/mol. The summed E-state index contributed by atoms with van der Waals surface area (Å²) in [6.45, 7) is 8.37. The molecule has 0 aromatic heterocycles. The Morgan fingerprint density at radius 1 is 1.19 bits per heavy atom. The van der Waals surface area contributed by atoms with E-state index in [0.29, 0.717) is 0 Å². The summed E-state index contributed by atoms with van der Waals surface area (Å²) in [7, 11) is 0. The Bertz CT molecular complexity index is 397. The summed E-state index contributed by atoms with van der Waals surface area (Å²) in [4.78, 5) is 33.4. The Morgan fingerprint density at radius 3 is 2.33 bits per heavy atom. The zero-order valence-electron chi connectivity index (χ0n) is 12.9. The van der Waals surface area contributed by atoms with Gasteiger partial charge in [0.2, 0.25) is 0 Å². The highest BCUT2D eigenvalue weighted by molar-refractivity contribution is 5.94. The van der Waals surface area contributed by atoms with Crippen LogP contribution in [0.25, 0.3) is 0 Å². The molecule has 0 atom stereocenters. The van der Waals surface area contributed by atoms with Gasteiger partial charge in [-0.1, -0.05) is 26.3 Å². The molecule has 120 valence electrons. The molecule has 0 aliphatic heterocycles. The normalized spacial score (nSPS) is 10.8. The number of hydrogen-bond acceptors (Lipinski definition) is 5. The van der Waals surface area contributed by atoms with Gasteiger partial charge in [-0.2, -0.15) is 0 Å². The van der Waals surface area contributed by atoms with Crippen molar-refractivity contribution in [1.29, 1.82) is 0 Å². The second kappa shape index (κ2) is 9.15. The molecule has 0 aliphatic carbocycles. The highest BCUT2D eigenvalue weighted by Crippen LogP contribution is 2.20. The largest absolute Gasteiger partial charge is 0.479 e. The molecule has 0 rings (SSSR count). The summed E-state index contributed by atoms with van der Waals surface area (Å²) in [6.07, 6.45) is 3.53. The molecule has 0 fully saturated rings. The van der Waals surface area contributed by atoms with E-state index in [9.17, 15) is 14.4 Å². The fourth-order valence-electron chi connectivity index (χ4n) is 1.67. The molecular formula is C15H24O6. The molecule has 21 heavy (non-hydrogen) atoms.